The molecule has 1 N–H and O–H groups in total. The zero-order valence-electron chi connectivity index (χ0n) is 16.1. The van der Waals surface area contributed by atoms with Gasteiger partial charge in [0.15, 0.2) is 0 Å². The third kappa shape index (κ3) is 3.56. The molecule has 10 heteroatoms. The minimum atomic E-state index is -5.92. The number of hydrogen-bond acceptors (Lipinski definition) is 4. The lowest BCUT2D eigenvalue weighted by Crippen LogP contribution is -2.67. The lowest BCUT2D eigenvalue weighted by molar-refractivity contribution is -0.388. The molecule has 2 atom stereocenters. The first-order chi connectivity index (χ1) is 13.0. The summed E-state index contributed by atoms with van der Waals surface area (Å²) in [5.41, 5.74) is -6.79. The molecule has 4 nitrogen and oxygen atoms in total. The van der Waals surface area contributed by atoms with Gasteiger partial charge in [0, 0.05) is 5.57 Å². The van der Waals surface area contributed by atoms with Crippen molar-refractivity contribution < 1.29 is 45.7 Å². The van der Waals surface area contributed by atoms with Crippen LogP contribution in [0.3, 0.4) is 0 Å². The Bertz CT molecular complexity index is 668. The van der Waals surface area contributed by atoms with Crippen LogP contribution in [0.5, 0.6) is 0 Å². The number of rotatable bonds is 5. The molecule has 4 rings (SSSR count). The number of carbonyl (C=O) groups excluding carboxylic acids is 1. The molecule has 4 aliphatic rings. The van der Waals surface area contributed by atoms with E-state index >= 15 is 0 Å². The molecule has 0 aliphatic heterocycles. The summed E-state index contributed by atoms with van der Waals surface area (Å²) in [4.78, 5) is 12.0. The van der Waals surface area contributed by atoms with Crippen LogP contribution in [-0.2, 0) is 14.3 Å². The summed E-state index contributed by atoms with van der Waals surface area (Å²) < 4.78 is 88.9. The van der Waals surface area contributed by atoms with Crippen LogP contribution in [0.4, 0.5) is 26.3 Å². The number of ether oxygens (including phenoxy) is 2. The molecular formula is C19H24F6O4. The maximum absolute atomic E-state index is 13.0. The first kappa shape index (κ1) is 22.4. The van der Waals surface area contributed by atoms with Gasteiger partial charge in [-0.3, -0.25) is 0 Å². The van der Waals surface area contributed by atoms with Gasteiger partial charge in [0.1, 0.15) is 5.60 Å². The van der Waals surface area contributed by atoms with Crippen LogP contribution in [-0.4, -0.2) is 46.8 Å². The second kappa shape index (κ2) is 6.60. The van der Waals surface area contributed by atoms with Crippen molar-refractivity contribution in [3.63, 3.8) is 0 Å². The quantitative estimate of drug-likeness (QED) is 0.401. The zero-order valence-corrected chi connectivity index (χ0v) is 16.1. The van der Waals surface area contributed by atoms with E-state index < -0.39 is 41.7 Å². The third-order valence-corrected chi connectivity index (χ3v) is 6.94. The van der Waals surface area contributed by atoms with Crippen molar-refractivity contribution in [3.05, 3.63) is 12.2 Å². The average molecular weight is 430 g/mol. The summed E-state index contributed by atoms with van der Waals surface area (Å²) in [6, 6.07) is 0. The Labute approximate surface area is 164 Å². The Morgan fingerprint density at radius 1 is 1.07 bits per heavy atom. The molecule has 0 heterocycles. The molecule has 0 radical (unpaired) electrons. The first-order valence-electron chi connectivity index (χ1n) is 9.42. The molecule has 0 aromatic rings. The van der Waals surface area contributed by atoms with Crippen LogP contribution in [0, 0.1) is 17.8 Å². The SMILES string of the molecule is C=C(C)C(=O)OC12CC3CC(C1)C(C)(OCC(O)(C(F)(F)F)C(F)(F)F)C(C3)C2. The van der Waals surface area contributed by atoms with Crippen molar-refractivity contribution in [2.24, 2.45) is 17.8 Å². The predicted molar refractivity (Wildman–Crippen MR) is 88.6 cm³/mol. The second-order valence-electron chi connectivity index (χ2n) is 9.02. The van der Waals surface area contributed by atoms with E-state index in [1.807, 2.05) is 0 Å². The Balaban J connectivity index is 1.81. The summed E-state index contributed by atoms with van der Waals surface area (Å²) in [6.45, 7) is 4.63. The van der Waals surface area contributed by atoms with Crippen LogP contribution in [0.15, 0.2) is 12.2 Å². The van der Waals surface area contributed by atoms with Crippen molar-refractivity contribution in [1.29, 1.82) is 0 Å². The van der Waals surface area contributed by atoms with Gasteiger partial charge >= 0.3 is 18.3 Å². The highest BCUT2D eigenvalue weighted by Crippen LogP contribution is 2.62. The molecule has 29 heavy (non-hydrogen) atoms. The standard InChI is InChI=1S/C19H24F6O4/c1-10(2)14(26)29-16-6-11-4-12(7-16)15(3,13(5-11)8-16)28-9-17(27,18(20,21)22)19(23,24)25/h11-13,27H,1,4-9H2,2-3H3. The Kier molecular flexibility index (Phi) is 5.10. The van der Waals surface area contributed by atoms with E-state index in [4.69, 9.17) is 9.47 Å². The first-order valence-corrected chi connectivity index (χ1v) is 9.42. The molecule has 4 bridgehead atoms. The topological polar surface area (TPSA) is 55.8 Å². The predicted octanol–water partition coefficient (Wildman–Crippen LogP) is 4.32. The number of carbonyl (C=O) groups is 1. The molecule has 2 unspecified atom stereocenters. The minimum Gasteiger partial charge on any atom is -0.456 e. The maximum Gasteiger partial charge on any atom is 0.428 e. The molecular weight excluding hydrogens is 406 g/mol. The van der Waals surface area contributed by atoms with Crippen LogP contribution in [0.25, 0.3) is 0 Å². The molecule has 4 saturated carbocycles. The molecule has 0 amide bonds. The van der Waals surface area contributed by atoms with E-state index in [9.17, 15) is 36.2 Å². The number of alkyl halides is 6. The summed E-state index contributed by atoms with van der Waals surface area (Å²) in [7, 11) is 0. The van der Waals surface area contributed by atoms with Crippen molar-refractivity contribution in [2.45, 2.75) is 75.1 Å². The number of halogens is 6. The molecule has 0 aromatic heterocycles. The van der Waals surface area contributed by atoms with E-state index in [1.54, 1.807) is 0 Å². The van der Waals surface area contributed by atoms with Crippen LogP contribution in [0.1, 0.15) is 46.0 Å². The van der Waals surface area contributed by atoms with Crippen LogP contribution >= 0.6 is 0 Å². The van der Waals surface area contributed by atoms with Gasteiger partial charge in [-0.15, -0.1) is 0 Å². The van der Waals surface area contributed by atoms with Gasteiger partial charge in [-0.25, -0.2) is 4.79 Å². The fourth-order valence-corrected chi connectivity index (χ4v) is 5.34. The maximum atomic E-state index is 13.0. The van der Waals surface area contributed by atoms with Crippen molar-refractivity contribution >= 4 is 5.97 Å². The van der Waals surface area contributed by atoms with E-state index in [1.165, 1.54) is 13.8 Å². The summed E-state index contributed by atoms with van der Waals surface area (Å²) in [6.07, 6.45) is -9.51. The Hall–Kier alpha value is -1.29. The van der Waals surface area contributed by atoms with E-state index in [0.29, 0.717) is 32.1 Å². The monoisotopic (exact) mass is 430 g/mol. The normalized spacial score (nSPS) is 36.9. The molecule has 4 aliphatic carbocycles. The highest BCUT2D eigenvalue weighted by molar-refractivity contribution is 5.87. The van der Waals surface area contributed by atoms with Crippen LogP contribution in [0.2, 0.25) is 0 Å². The van der Waals surface area contributed by atoms with Gasteiger partial charge < -0.3 is 14.6 Å². The fourth-order valence-electron chi connectivity index (χ4n) is 5.34. The Morgan fingerprint density at radius 3 is 1.97 bits per heavy atom. The van der Waals surface area contributed by atoms with E-state index in [0.717, 1.165) is 0 Å². The molecule has 0 saturated heterocycles. The number of hydrogen-bond donors (Lipinski definition) is 1. The zero-order chi connectivity index (χ0) is 22.0. The lowest BCUT2D eigenvalue weighted by Gasteiger charge is -2.63. The highest BCUT2D eigenvalue weighted by Gasteiger charge is 2.72. The van der Waals surface area contributed by atoms with Gasteiger partial charge in [-0.2, -0.15) is 26.3 Å². The summed E-state index contributed by atoms with van der Waals surface area (Å²) >= 11 is 0. The fraction of sp³-hybridized carbons (Fsp3) is 0.842. The molecule has 4 fully saturated rings. The van der Waals surface area contributed by atoms with Gasteiger partial charge in [-0.1, -0.05) is 6.58 Å². The number of esters is 1. The van der Waals surface area contributed by atoms with E-state index in [-0.39, 0.29) is 23.3 Å². The minimum absolute atomic E-state index is 0.159. The van der Waals surface area contributed by atoms with Crippen LogP contribution < -0.4 is 0 Å². The van der Waals surface area contributed by atoms with Gasteiger partial charge in [0.05, 0.1) is 12.2 Å². The average Bonchev–Trinajstić information content (AvgIpc) is 2.54. The van der Waals surface area contributed by atoms with Crippen molar-refractivity contribution in [3.8, 4) is 0 Å². The van der Waals surface area contributed by atoms with Gasteiger partial charge in [-0.05, 0) is 63.7 Å². The summed E-state index contributed by atoms with van der Waals surface area (Å²) in [5, 5.41) is 9.43. The smallest absolute Gasteiger partial charge is 0.428 e. The lowest BCUT2D eigenvalue weighted by atomic mass is 9.48. The van der Waals surface area contributed by atoms with Crippen molar-refractivity contribution in [1.82, 2.24) is 0 Å². The van der Waals surface area contributed by atoms with E-state index in [2.05, 4.69) is 6.58 Å². The largest absolute Gasteiger partial charge is 0.456 e. The highest BCUT2D eigenvalue weighted by atomic mass is 19.4. The molecule has 0 aromatic carbocycles. The molecule has 0 spiro atoms. The van der Waals surface area contributed by atoms with Crippen molar-refractivity contribution in [2.75, 3.05) is 6.61 Å². The van der Waals surface area contributed by atoms with Gasteiger partial charge in [0.2, 0.25) is 0 Å². The second-order valence-corrected chi connectivity index (χ2v) is 9.02. The molecule has 166 valence electrons. The third-order valence-electron chi connectivity index (χ3n) is 6.94. The summed E-state index contributed by atoms with van der Waals surface area (Å²) in [5.74, 6) is -1.15. The Morgan fingerprint density at radius 2 is 1.55 bits per heavy atom. The number of aliphatic hydroxyl groups is 1. The van der Waals surface area contributed by atoms with Gasteiger partial charge in [0.25, 0.3) is 5.60 Å².